The maximum absolute atomic E-state index is 12.9. The molecule has 0 radical (unpaired) electrons. The highest BCUT2D eigenvalue weighted by Crippen LogP contribution is 2.33. The molecule has 2 aliphatic rings. The average molecular weight is 471 g/mol. The molecule has 10 heteroatoms. The van der Waals surface area contributed by atoms with Gasteiger partial charge in [0.25, 0.3) is 10.0 Å². The van der Waals surface area contributed by atoms with E-state index in [1.165, 1.54) is 12.1 Å². The van der Waals surface area contributed by atoms with Gasteiger partial charge in [-0.15, -0.1) is 0 Å². The number of carbonyl (C=O) groups is 2. The fourth-order valence-corrected chi connectivity index (χ4v) is 5.03. The van der Waals surface area contributed by atoms with E-state index in [0.717, 1.165) is 6.42 Å². The molecule has 33 heavy (non-hydrogen) atoms. The number of nitrogens with zero attached hydrogens (tertiary/aromatic N) is 2. The fraction of sp³-hybridized carbons (Fsp3) is 0.348. The molecule has 2 N–H and O–H groups in total. The highest BCUT2D eigenvalue weighted by molar-refractivity contribution is 7.90. The van der Waals surface area contributed by atoms with E-state index in [2.05, 4.69) is 15.0 Å². The van der Waals surface area contributed by atoms with Crippen LogP contribution >= 0.6 is 0 Å². The summed E-state index contributed by atoms with van der Waals surface area (Å²) in [5, 5.41) is 2.75. The molecule has 0 spiro atoms. The van der Waals surface area contributed by atoms with Crippen molar-refractivity contribution in [3.63, 3.8) is 0 Å². The number of hydrogen-bond acceptors (Lipinski definition) is 6. The van der Waals surface area contributed by atoms with Crippen molar-refractivity contribution in [1.29, 1.82) is 0 Å². The second-order valence-electron chi connectivity index (χ2n) is 7.86. The van der Waals surface area contributed by atoms with Crippen LogP contribution in [0.25, 0.3) is 0 Å². The standard InChI is InChI=1S/C23H26N4O5S/c1-2-32-20-10-4-3-9-19(20)27-15-16(13-22(27)28)23(29)25-17-7-5-8-18(14-17)33(30,31)26-21-11-6-12-24-21/h3-5,7-10,14,16H,2,6,11-13,15H2,1H3,(H,24,26)(H,25,29). The number of sulfonamides is 1. The van der Waals surface area contributed by atoms with E-state index in [-0.39, 0.29) is 29.7 Å². The Morgan fingerprint density at radius 2 is 2.03 bits per heavy atom. The molecule has 2 aliphatic heterocycles. The van der Waals surface area contributed by atoms with Crippen molar-refractivity contribution in [3.8, 4) is 5.75 Å². The minimum absolute atomic E-state index is 0.0321. The van der Waals surface area contributed by atoms with Crippen LogP contribution in [0.2, 0.25) is 0 Å². The van der Waals surface area contributed by atoms with E-state index in [4.69, 9.17) is 4.74 Å². The number of ether oxygens (including phenoxy) is 1. The van der Waals surface area contributed by atoms with Gasteiger partial charge in [0.05, 0.1) is 23.1 Å². The van der Waals surface area contributed by atoms with Crippen LogP contribution in [0, 0.1) is 5.92 Å². The number of nitrogens with one attached hydrogen (secondary N) is 2. The molecule has 2 aromatic rings. The third-order valence-electron chi connectivity index (χ3n) is 5.49. The summed E-state index contributed by atoms with van der Waals surface area (Å²) in [6, 6.07) is 13.3. The molecule has 1 saturated heterocycles. The lowest BCUT2D eigenvalue weighted by Crippen LogP contribution is -2.30. The zero-order valence-corrected chi connectivity index (χ0v) is 19.1. The molecular weight excluding hydrogens is 444 g/mol. The Balaban J connectivity index is 1.45. The molecule has 2 aromatic carbocycles. The van der Waals surface area contributed by atoms with Gasteiger partial charge in [-0.05, 0) is 43.7 Å². The van der Waals surface area contributed by atoms with Crippen molar-refractivity contribution in [3.05, 3.63) is 48.5 Å². The predicted molar refractivity (Wildman–Crippen MR) is 125 cm³/mol. The lowest BCUT2D eigenvalue weighted by atomic mass is 10.1. The zero-order chi connectivity index (χ0) is 23.4. The maximum atomic E-state index is 12.9. The van der Waals surface area contributed by atoms with Crippen LogP contribution in [-0.4, -0.2) is 45.8 Å². The number of benzene rings is 2. The van der Waals surface area contributed by atoms with Gasteiger partial charge in [0, 0.05) is 31.6 Å². The van der Waals surface area contributed by atoms with Gasteiger partial charge in [0.1, 0.15) is 11.6 Å². The van der Waals surface area contributed by atoms with Gasteiger partial charge in [-0.3, -0.25) is 19.3 Å². The van der Waals surface area contributed by atoms with Crippen LogP contribution in [0.1, 0.15) is 26.2 Å². The van der Waals surface area contributed by atoms with Gasteiger partial charge in [-0.25, -0.2) is 8.42 Å². The van der Waals surface area contributed by atoms with E-state index < -0.39 is 15.9 Å². The fourth-order valence-electron chi connectivity index (χ4n) is 3.90. The second kappa shape index (κ2) is 9.62. The van der Waals surface area contributed by atoms with Crippen LogP contribution in [0.5, 0.6) is 5.75 Å². The Hall–Kier alpha value is -3.40. The highest BCUT2D eigenvalue weighted by atomic mass is 32.2. The van der Waals surface area contributed by atoms with Crippen molar-refractivity contribution in [1.82, 2.24) is 4.72 Å². The summed E-state index contributed by atoms with van der Waals surface area (Å²) in [6.45, 7) is 3.16. The molecule has 0 saturated carbocycles. The molecule has 0 bridgehead atoms. The Bertz CT molecular complexity index is 1190. The number of para-hydroxylation sites is 2. The van der Waals surface area contributed by atoms with Gasteiger partial charge in [0.15, 0.2) is 0 Å². The lowest BCUT2D eigenvalue weighted by molar-refractivity contribution is -0.122. The summed E-state index contributed by atoms with van der Waals surface area (Å²) in [5.74, 6) is -0.0472. The average Bonchev–Trinajstić information content (AvgIpc) is 3.44. The van der Waals surface area contributed by atoms with E-state index in [1.54, 1.807) is 29.2 Å². The molecule has 1 fully saturated rings. The second-order valence-corrected chi connectivity index (χ2v) is 9.54. The van der Waals surface area contributed by atoms with Gasteiger partial charge < -0.3 is 15.0 Å². The number of rotatable bonds is 7. The smallest absolute Gasteiger partial charge is 0.262 e. The van der Waals surface area contributed by atoms with E-state index in [1.807, 2.05) is 19.1 Å². The molecule has 0 aliphatic carbocycles. The molecule has 9 nitrogen and oxygen atoms in total. The first-order chi connectivity index (χ1) is 15.9. The molecule has 4 rings (SSSR count). The first kappa shape index (κ1) is 22.8. The zero-order valence-electron chi connectivity index (χ0n) is 18.3. The van der Waals surface area contributed by atoms with Crippen molar-refractivity contribution in [2.24, 2.45) is 10.9 Å². The van der Waals surface area contributed by atoms with E-state index >= 15 is 0 Å². The summed E-state index contributed by atoms with van der Waals surface area (Å²) in [6.07, 6.45) is 1.47. The number of amidine groups is 1. The SMILES string of the molecule is CCOc1ccccc1N1CC(C(=O)Nc2cccc(S(=O)(=O)NC3=NCCC3)c2)CC1=O. The number of hydrogen-bond donors (Lipinski definition) is 2. The monoisotopic (exact) mass is 470 g/mol. The quantitative estimate of drug-likeness (QED) is 0.645. The van der Waals surface area contributed by atoms with E-state index in [9.17, 15) is 18.0 Å². The first-order valence-corrected chi connectivity index (χ1v) is 12.3. The topological polar surface area (TPSA) is 117 Å². The summed E-state index contributed by atoms with van der Waals surface area (Å²) in [4.78, 5) is 31.2. The molecule has 0 aromatic heterocycles. The van der Waals surface area contributed by atoms with E-state index in [0.29, 0.717) is 42.5 Å². The van der Waals surface area contributed by atoms with Gasteiger partial charge >= 0.3 is 0 Å². The minimum Gasteiger partial charge on any atom is -0.492 e. The van der Waals surface area contributed by atoms with Crippen molar-refractivity contribution >= 4 is 39.0 Å². The third-order valence-corrected chi connectivity index (χ3v) is 6.87. The minimum atomic E-state index is -3.79. The summed E-state index contributed by atoms with van der Waals surface area (Å²) in [5.41, 5.74) is 0.977. The summed E-state index contributed by atoms with van der Waals surface area (Å²) < 4.78 is 33.4. The predicted octanol–water partition coefficient (Wildman–Crippen LogP) is 2.55. The lowest BCUT2D eigenvalue weighted by Gasteiger charge is -2.20. The number of anilines is 2. The Labute approximate surface area is 192 Å². The maximum Gasteiger partial charge on any atom is 0.262 e. The summed E-state index contributed by atoms with van der Waals surface area (Å²) >= 11 is 0. The highest BCUT2D eigenvalue weighted by Gasteiger charge is 2.36. The van der Waals surface area contributed by atoms with Gasteiger partial charge in [0.2, 0.25) is 11.8 Å². The number of amides is 2. The van der Waals surface area contributed by atoms with Crippen LogP contribution in [0.15, 0.2) is 58.4 Å². The summed E-state index contributed by atoms with van der Waals surface area (Å²) in [7, 11) is -3.79. The van der Waals surface area contributed by atoms with Crippen LogP contribution < -0.4 is 19.7 Å². The van der Waals surface area contributed by atoms with Crippen molar-refractivity contribution in [2.75, 3.05) is 29.9 Å². The third kappa shape index (κ3) is 5.16. The molecule has 1 unspecified atom stereocenters. The van der Waals surface area contributed by atoms with Crippen LogP contribution in [-0.2, 0) is 19.6 Å². The van der Waals surface area contributed by atoms with Crippen molar-refractivity contribution in [2.45, 2.75) is 31.1 Å². The molecular formula is C23H26N4O5S. The normalized spacial score (nSPS) is 18.2. The molecule has 174 valence electrons. The van der Waals surface area contributed by atoms with Crippen LogP contribution in [0.4, 0.5) is 11.4 Å². The molecule has 2 heterocycles. The number of aliphatic imine (C=N–C) groups is 1. The first-order valence-electron chi connectivity index (χ1n) is 10.9. The van der Waals surface area contributed by atoms with Crippen molar-refractivity contribution < 1.29 is 22.7 Å². The van der Waals surface area contributed by atoms with Gasteiger partial charge in [-0.2, -0.15) is 0 Å². The van der Waals surface area contributed by atoms with Crippen LogP contribution in [0.3, 0.4) is 0 Å². The molecule has 1 atom stereocenters. The van der Waals surface area contributed by atoms with Gasteiger partial charge in [-0.1, -0.05) is 18.2 Å². The largest absolute Gasteiger partial charge is 0.492 e. The Morgan fingerprint density at radius 1 is 1.21 bits per heavy atom. The number of carbonyl (C=O) groups excluding carboxylic acids is 2. The molecule has 2 amide bonds. The Kier molecular flexibility index (Phi) is 6.64. The Morgan fingerprint density at radius 3 is 2.79 bits per heavy atom.